The van der Waals surface area contributed by atoms with Gasteiger partial charge in [0, 0.05) is 0 Å². The summed E-state index contributed by atoms with van der Waals surface area (Å²) >= 11 is 0. The molecule has 0 amide bonds. The van der Waals surface area contributed by atoms with Crippen molar-refractivity contribution < 1.29 is 35.8 Å². The Morgan fingerprint density at radius 2 is 1.67 bits per heavy atom. The first kappa shape index (κ1) is 18.1. The van der Waals surface area contributed by atoms with Crippen molar-refractivity contribution >= 4 is 12.6 Å². The summed E-state index contributed by atoms with van der Waals surface area (Å²) in [6.45, 7) is 5.65. The van der Waals surface area contributed by atoms with Crippen molar-refractivity contribution in [3.8, 4) is 0 Å². The van der Waals surface area contributed by atoms with Gasteiger partial charge in [0.1, 0.15) is 0 Å². The van der Waals surface area contributed by atoms with Crippen LogP contribution in [0.1, 0.15) is 40.0 Å². The number of rotatable bonds is 4. The van der Waals surface area contributed by atoms with Crippen molar-refractivity contribution in [2.75, 3.05) is 0 Å². The second kappa shape index (κ2) is 17.3. The van der Waals surface area contributed by atoms with Gasteiger partial charge in [-0.3, -0.25) is 12.6 Å². The van der Waals surface area contributed by atoms with Gasteiger partial charge in [0.2, 0.25) is 0 Å². The van der Waals surface area contributed by atoms with Crippen molar-refractivity contribution in [2.24, 2.45) is 5.92 Å². The molecule has 2 nitrogen and oxygen atoms in total. The number of hydrogen-bond donors (Lipinski definition) is 0. The van der Waals surface area contributed by atoms with Crippen molar-refractivity contribution in [1.82, 2.24) is 0 Å². The largest absolute Gasteiger partial charge is 2.00 e. The minimum absolute atomic E-state index is 0. The minimum atomic E-state index is 0. The molecule has 0 bridgehead atoms. The van der Waals surface area contributed by atoms with E-state index in [1.807, 2.05) is 6.29 Å². The molecular formula is C9H16O2Zr. The topological polar surface area (TPSA) is 34.1 Å². The molecule has 0 aromatic heterocycles. The normalized spacial score (nSPS) is 7.67. The minimum Gasteiger partial charge on any atom is -0.542 e. The van der Waals surface area contributed by atoms with Gasteiger partial charge in [-0.25, -0.2) is 0 Å². The Labute approximate surface area is 94.2 Å². The van der Waals surface area contributed by atoms with Crippen LogP contribution in [0.3, 0.4) is 0 Å². The average Bonchev–Trinajstić information content (AvgIpc) is 2.02. The van der Waals surface area contributed by atoms with Gasteiger partial charge in [0.05, 0.1) is 0 Å². The molecule has 3 heteroatoms. The Morgan fingerprint density at radius 1 is 1.25 bits per heavy atom. The van der Waals surface area contributed by atoms with Crippen LogP contribution >= 0.6 is 0 Å². The predicted molar refractivity (Wildman–Crippen MR) is 45.8 cm³/mol. The Morgan fingerprint density at radius 3 is 1.75 bits per heavy atom. The molecule has 0 spiro atoms. The summed E-state index contributed by atoms with van der Waals surface area (Å²) in [5, 5.41) is 0. The molecule has 0 unspecified atom stereocenters. The van der Waals surface area contributed by atoms with E-state index in [9.17, 15) is 9.59 Å². The van der Waals surface area contributed by atoms with Crippen LogP contribution in [0.25, 0.3) is 0 Å². The molecule has 0 aliphatic heterocycles. The molecule has 12 heavy (non-hydrogen) atoms. The smallest absolute Gasteiger partial charge is 0.542 e. The van der Waals surface area contributed by atoms with E-state index in [1.165, 1.54) is 0 Å². The molecule has 0 N–H and O–H groups in total. The molecular weight excluding hydrogens is 231 g/mol. The van der Waals surface area contributed by atoms with Crippen LogP contribution in [0.4, 0.5) is 0 Å². The van der Waals surface area contributed by atoms with Gasteiger partial charge < -0.3 is 9.59 Å². The summed E-state index contributed by atoms with van der Waals surface area (Å²) in [5.41, 5.74) is 0. The zero-order valence-electron chi connectivity index (χ0n) is 8.02. The Kier molecular flexibility index (Phi) is 26.2. The third kappa shape index (κ3) is 31.9. The van der Waals surface area contributed by atoms with Gasteiger partial charge in [-0.2, -0.15) is 6.42 Å². The van der Waals surface area contributed by atoms with Crippen LogP contribution in [0.15, 0.2) is 0 Å². The molecule has 0 saturated heterocycles. The number of hydrogen-bond acceptors (Lipinski definition) is 2. The quantitative estimate of drug-likeness (QED) is 0.563. The van der Waals surface area contributed by atoms with E-state index in [1.54, 1.807) is 20.1 Å². The number of carbonyl (C=O) groups excluding carboxylic acids is 2. The molecule has 0 aromatic rings. The molecule has 0 heterocycles. The van der Waals surface area contributed by atoms with E-state index in [2.05, 4.69) is 6.92 Å². The van der Waals surface area contributed by atoms with Crippen LogP contribution in [0.2, 0.25) is 0 Å². The van der Waals surface area contributed by atoms with Gasteiger partial charge in [-0.1, -0.05) is 33.6 Å². The van der Waals surface area contributed by atoms with Crippen LogP contribution in [0, 0.1) is 5.92 Å². The third-order valence-electron chi connectivity index (χ3n) is 0.868. The van der Waals surface area contributed by atoms with Crippen molar-refractivity contribution in [2.45, 2.75) is 40.0 Å². The molecule has 0 rings (SSSR count). The molecule has 0 aliphatic carbocycles. The fourth-order valence-electron chi connectivity index (χ4n) is 0.249. The molecule has 0 fully saturated rings. The summed E-state index contributed by atoms with van der Waals surface area (Å²) in [7, 11) is 0. The second-order valence-electron chi connectivity index (χ2n) is 2.52. The fraction of sp³-hybridized carbons (Fsp3) is 0.778. The third-order valence-corrected chi connectivity index (χ3v) is 0.868. The standard InChI is InChI=1S/C5H9O.C4H7O.Zr/c1-2-3-4-5-6;1-4(2)3-5;/h2-4H2,1H3;4H,1-2H3;/q2*-1;+2. The summed E-state index contributed by atoms with van der Waals surface area (Å²) in [6.07, 6.45) is 6.29. The Balaban J connectivity index is -0.000000126. The summed E-state index contributed by atoms with van der Waals surface area (Å²) in [6, 6.07) is 0. The molecule has 68 valence electrons. The van der Waals surface area contributed by atoms with Crippen LogP contribution < -0.4 is 0 Å². The molecule has 0 aliphatic rings. The van der Waals surface area contributed by atoms with E-state index in [0.29, 0.717) is 6.42 Å². The van der Waals surface area contributed by atoms with Gasteiger partial charge in [0.25, 0.3) is 0 Å². The SMILES string of the molecule is CC(C)[C-]=O.CCCC[C-]=O.[Zr+2]. The maximum Gasteiger partial charge on any atom is 2.00 e. The Hall–Kier alpha value is 0.223. The maximum absolute atomic E-state index is 9.44. The van der Waals surface area contributed by atoms with Gasteiger partial charge in [-0.05, 0) is 0 Å². The predicted octanol–water partition coefficient (Wildman–Crippen LogP) is 2.04. The van der Waals surface area contributed by atoms with Crippen LogP contribution in [-0.2, 0) is 35.8 Å². The van der Waals surface area contributed by atoms with Crippen molar-refractivity contribution in [3.63, 3.8) is 0 Å². The van der Waals surface area contributed by atoms with Gasteiger partial charge in [-0.15, -0.1) is 5.92 Å². The average molecular weight is 247 g/mol. The summed E-state index contributed by atoms with van der Waals surface area (Å²) in [4.78, 5) is 18.8. The van der Waals surface area contributed by atoms with Crippen molar-refractivity contribution in [1.29, 1.82) is 0 Å². The van der Waals surface area contributed by atoms with E-state index in [0.717, 1.165) is 12.8 Å². The first-order valence-corrected chi connectivity index (χ1v) is 3.91. The zero-order chi connectivity index (χ0) is 9.11. The molecule has 0 saturated carbocycles. The van der Waals surface area contributed by atoms with E-state index in [4.69, 9.17) is 0 Å². The zero-order valence-corrected chi connectivity index (χ0v) is 10.5. The molecule has 0 radical (unpaired) electrons. The van der Waals surface area contributed by atoms with E-state index < -0.39 is 0 Å². The van der Waals surface area contributed by atoms with Crippen LogP contribution in [-0.4, -0.2) is 12.6 Å². The van der Waals surface area contributed by atoms with Crippen LogP contribution in [0.5, 0.6) is 0 Å². The maximum atomic E-state index is 9.44. The fourth-order valence-corrected chi connectivity index (χ4v) is 0.249. The van der Waals surface area contributed by atoms with E-state index >= 15 is 0 Å². The Bertz CT molecular complexity index is 92.5. The first-order valence-electron chi connectivity index (χ1n) is 3.91. The second-order valence-corrected chi connectivity index (χ2v) is 2.52. The summed E-state index contributed by atoms with van der Waals surface area (Å²) in [5.74, 6) is 0.0787. The summed E-state index contributed by atoms with van der Waals surface area (Å²) < 4.78 is 0. The van der Waals surface area contributed by atoms with Gasteiger partial charge in [0.15, 0.2) is 0 Å². The monoisotopic (exact) mass is 246 g/mol. The molecule has 0 aromatic carbocycles. The van der Waals surface area contributed by atoms with Gasteiger partial charge >= 0.3 is 26.2 Å². The molecule has 0 atom stereocenters. The van der Waals surface area contributed by atoms with E-state index in [-0.39, 0.29) is 32.1 Å². The van der Waals surface area contributed by atoms with Crippen molar-refractivity contribution in [3.05, 3.63) is 0 Å². The number of unbranched alkanes of at least 4 members (excludes halogenated alkanes) is 2. The first-order chi connectivity index (χ1) is 5.18.